The minimum absolute atomic E-state index is 0.0302. The molecule has 0 aliphatic rings. The maximum Gasteiger partial charge on any atom is 0.242 e. The number of nitrogens with zero attached hydrogens (tertiary/aromatic N) is 1. The van der Waals surface area contributed by atoms with Gasteiger partial charge in [-0.1, -0.05) is 60.7 Å². The van der Waals surface area contributed by atoms with Crippen LogP contribution in [-0.2, 0) is 11.2 Å². The van der Waals surface area contributed by atoms with Gasteiger partial charge in [-0.25, -0.2) is 0 Å². The van der Waals surface area contributed by atoms with E-state index in [0.29, 0.717) is 0 Å². The van der Waals surface area contributed by atoms with Gasteiger partial charge < -0.3 is 11.1 Å². The lowest BCUT2D eigenvalue weighted by atomic mass is 10.1. The van der Waals surface area contributed by atoms with Gasteiger partial charge in [0.25, 0.3) is 0 Å². The first-order chi connectivity index (χ1) is 12.1. The SMILES string of the molecule is N#C/C(C(=S)Nc1ccccc1)=C(/N)NNC(=O)Cc1ccccc1. The summed E-state index contributed by atoms with van der Waals surface area (Å²) < 4.78 is 0. The number of thiocarbonyl (C=S) groups is 1. The third-order valence-electron chi connectivity index (χ3n) is 3.18. The molecule has 0 atom stereocenters. The smallest absolute Gasteiger partial charge is 0.242 e. The van der Waals surface area contributed by atoms with Crippen LogP contribution in [0.3, 0.4) is 0 Å². The number of nitrogens with one attached hydrogen (secondary N) is 3. The molecule has 0 bridgehead atoms. The van der Waals surface area contributed by atoms with Gasteiger partial charge in [0.1, 0.15) is 22.5 Å². The molecule has 0 saturated carbocycles. The molecule has 0 heterocycles. The number of anilines is 1. The molecule has 0 spiro atoms. The minimum Gasteiger partial charge on any atom is -0.383 e. The van der Waals surface area contributed by atoms with Crippen molar-refractivity contribution in [3.63, 3.8) is 0 Å². The van der Waals surface area contributed by atoms with Crippen molar-refractivity contribution in [2.45, 2.75) is 6.42 Å². The van der Waals surface area contributed by atoms with Crippen molar-refractivity contribution in [3.05, 3.63) is 77.6 Å². The van der Waals surface area contributed by atoms with E-state index in [1.165, 1.54) is 0 Å². The van der Waals surface area contributed by atoms with Crippen molar-refractivity contribution in [1.29, 1.82) is 5.26 Å². The highest BCUT2D eigenvalue weighted by Crippen LogP contribution is 2.09. The molecule has 25 heavy (non-hydrogen) atoms. The minimum atomic E-state index is -0.284. The second kappa shape index (κ2) is 9.05. The molecular formula is C18H17N5OS. The fourth-order valence-electron chi connectivity index (χ4n) is 1.97. The van der Waals surface area contributed by atoms with E-state index in [0.717, 1.165) is 11.3 Å². The van der Waals surface area contributed by atoms with E-state index in [9.17, 15) is 10.1 Å². The molecule has 6 nitrogen and oxygen atoms in total. The third kappa shape index (κ3) is 5.64. The number of carbonyl (C=O) groups excluding carboxylic acids is 1. The molecule has 126 valence electrons. The summed E-state index contributed by atoms with van der Waals surface area (Å²) >= 11 is 5.19. The summed E-state index contributed by atoms with van der Waals surface area (Å²) in [6.45, 7) is 0. The Balaban J connectivity index is 1.95. The average molecular weight is 351 g/mol. The summed E-state index contributed by atoms with van der Waals surface area (Å²) in [7, 11) is 0. The molecule has 7 heteroatoms. The van der Waals surface area contributed by atoms with Crippen molar-refractivity contribution in [1.82, 2.24) is 10.9 Å². The highest BCUT2D eigenvalue weighted by molar-refractivity contribution is 7.81. The number of amides is 1. The van der Waals surface area contributed by atoms with Crippen molar-refractivity contribution in [2.24, 2.45) is 5.73 Å². The second-order valence-electron chi connectivity index (χ2n) is 5.06. The van der Waals surface area contributed by atoms with Crippen LogP contribution in [0.4, 0.5) is 5.69 Å². The summed E-state index contributed by atoms with van der Waals surface area (Å²) in [5.74, 6) is -0.314. The Morgan fingerprint density at radius 3 is 2.24 bits per heavy atom. The Bertz CT molecular complexity index is 812. The van der Waals surface area contributed by atoms with E-state index in [1.54, 1.807) is 0 Å². The molecule has 0 unspecified atom stereocenters. The van der Waals surface area contributed by atoms with E-state index in [2.05, 4.69) is 16.2 Å². The van der Waals surface area contributed by atoms with Crippen LogP contribution in [0.2, 0.25) is 0 Å². The quantitative estimate of drug-likeness (QED) is 0.275. The summed E-state index contributed by atoms with van der Waals surface area (Å²) in [6.07, 6.45) is 0.190. The Labute approximate surface area is 151 Å². The monoisotopic (exact) mass is 351 g/mol. The van der Waals surface area contributed by atoms with E-state index >= 15 is 0 Å². The summed E-state index contributed by atoms with van der Waals surface area (Å²) in [4.78, 5) is 12.1. The molecular weight excluding hydrogens is 334 g/mol. The van der Waals surface area contributed by atoms with Crippen molar-refractivity contribution >= 4 is 28.8 Å². The lowest BCUT2D eigenvalue weighted by Gasteiger charge is -2.12. The van der Waals surface area contributed by atoms with Gasteiger partial charge in [-0.05, 0) is 17.7 Å². The molecule has 0 aliphatic carbocycles. The first kappa shape index (κ1) is 18.0. The normalized spacial score (nSPS) is 10.8. The number of rotatable bonds is 6. The zero-order valence-electron chi connectivity index (χ0n) is 13.3. The topological polar surface area (TPSA) is 103 Å². The predicted octanol–water partition coefficient (Wildman–Crippen LogP) is 1.98. The number of carbonyl (C=O) groups is 1. The van der Waals surface area contributed by atoms with Crippen molar-refractivity contribution in [3.8, 4) is 6.07 Å². The molecule has 0 aromatic heterocycles. The van der Waals surface area contributed by atoms with Gasteiger partial charge in [-0.3, -0.25) is 15.6 Å². The maximum absolute atomic E-state index is 11.9. The van der Waals surface area contributed by atoms with Crippen LogP contribution in [-0.4, -0.2) is 10.9 Å². The number of hydrazine groups is 1. The summed E-state index contributed by atoms with van der Waals surface area (Å²) in [6, 6.07) is 20.4. The number of nitriles is 1. The zero-order valence-corrected chi connectivity index (χ0v) is 14.1. The Hall–Kier alpha value is -3.37. The van der Waals surface area contributed by atoms with Gasteiger partial charge in [-0.15, -0.1) is 0 Å². The van der Waals surface area contributed by atoms with Crippen LogP contribution in [0.15, 0.2) is 72.1 Å². The van der Waals surface area contributed by atoms with E-state index in [1.807, 2.05) is 66.7 Å². The molecule has 5 N–H and O–H groups in total. The van der Waals surface area contributed by atoms with Crippen LogP contribution in [0, 0.1) is 11.3 Å². The number of hydrogen-bond acceptors (Lipinski definition) is 5. The maximum atomic E-state index is 11.9. The molecule has 2 aromatic rings. The molecule has 2 aromatic carbocycles. The fourth-order valence-corrected chi connectivity index (χ4v) is 2.25. The predicted molar refractivity (Wildman–Crippen MR) is 101 cm³/mol. The Kier molecular flexibility index (Phi) is 6.51. The third-order valence-corrected chi connectivity index (χ3v) is 3.49. The van der Waals surface area contributed by atoms with E-state index < -0.39 is 0 Å². The first-order valence-electron chi connectivity index (χ1n) is 7.45. The molecule has 0 saturated heterocycles. The lowest BCUT2D eigenvalue weighted by molar-refractivity contribution is -0.121. The molecule has 0 aliphatic heterocycles. The molecule has 1 amide bonds. The zero-order chi connectivity index (χ0) is 18.1. The van der Waals surface area contributed by atoms with Crippen molar-refractivity contribution in [2.75, 3.05) is 5.32 Å². The van der Waals surface area contributed by atoms with Crippen molar-refractivity contribution < 1.29 is 4.79 Å². The van der Waals surface area contributed by atoms with Gasteiger partial charge in [-0.2, -0.15) is 5.26 Å². The number of para-hydroxylation sites is 1. The number of benzene rings is 2. The molecule has 0 fully saturated rings. The van der Waals surface area contributed by atoms with Crippen LogP contribution in [0.25, 0.3) is 0 Å². The summed E-state index contributed by atoms with van der Waals surface area (Å²) in [5, 5.41) is 12.2. The standard InChI is InChI=1S/C18H17N5OS/c19-12-15(18(25)21-14-9-5-2-6-10-14)17(20)23-22-16(24)11-13-7-3-1-4-8-13/h1-10,23H,11,20H2,(H,21,25)(H,22,24)/b17-15+. The van der Waals surface area contributed by atoms with Crippen LogP contribution in [0.1, 0.15) is 5.56 Å². The Morgan fingerprint density at radius 2 is 1.64 bits per heavy atom. The van der Waals surface area contributed by atoms with E-state index in [4.69, 9.17) is 18.0 Å². The second-order valence-corrected chi connectivity index (χ2v) is 5.46. The highest BCUT2D eigenvalue weighted by Gasteiger charge is 2.11. The van der Waals surface area contributed by atoms with Gasteiger partial charge in [0.15, 0.2) is 0 Å². The summed E-state index contributed by atoms with van der Waals surface area (Å²) in [5.41, 5.74) is 12.5. The molecule has 2 rings (SSSR count). The van der Waals surface area contributed by atoms with Gasteiger partial charge >= 0.3 is 0 Å². The largest absolute Gasteiger partial charge is 0.383 e. The Morgan fingerprint density at radius 1 is 1.04 bits per heavy atom. The fraction of sp³-hybridized carbons (Fsp3) is 0.0556. The van der Waals surface area contributed by atoms with Crippen LogP contribution in [0.5, 0.6) is 0 Å². The van der Waals surface area contributed by atoms with Gasteiger partial charge in [0.2, 0.25) is 5.91 Å². The van der Waals surface area contributed by atoms with Gasteiger partial charge in [0.05, 0.1) is 6.42 Å². The number of hydrogen-bond donors (Lipinski definition) is 4. The van der Waals surface area contributed by atoms with Gasteiger partial charge in [0, 0.05) is 5.69 Å². The first-order valence-corrected chi connectivity index (χ1v) is 7.86. The van der Waals surface area contributed by atoms with Crippen LogP contribution < -0.4 is 21.9 Å². The van der Waals surface area contributed by atoms with E-state index in [-0.39, 0.29) is 28.7 Å². The average Bonchev–Trinajstić information content (AvgIpc) is 2.62. The lowest BCUT2D eigenvalue weighted by Crippen LogP contribution is -2.41. The molecule has 0 radical (unpaired) electrons. The highest BCUT2D eigenvalue weighted by atomic mass is 32.1. The van der Waals surface area contributed by atoms with Crippen LogP contribution >= 0.6 is 12.2 Å². The number of nitrogens with two attached hydrogens (primary N) is 1.